The van der Waals surface area contributed by atoms with Gasteiger partial charge in [0.1, 0.15) is 5.75 Å². The first-order chi connectivity index (χ1) is 15.5. The summed E-state index contributed by atoms with van der Waals surface area (Å²) < 4.78 is 13.8. The second-order valence-corrected chi connectivity index (χ2v) is 8.30. The van der Waals surface area contributed by atoms with Gasteiger partial charge in [0.25, 0.3) is 0 Å². The molecule has 32 heavy (non-hydrogen) atoms. The topological polar surface area (TPSA) is 59.8 Å². The minimum Gasteiger partial charge on any atom is -0.439 e. The standard InChI is InChI=1S/C26H35N3O3/c1-5-16-28(17-23(30)19-31-20(2)3)18-25-21(4)27-29(22-12-8-6-9-13-22)26(25)32-24-14-10-7-11-15-24/h6-15,20,23,30H,5,16-19H2,1-4H3/t23-/m0/s1. The monoisotopic (exact) mass is 437 g/mol. The van der Waals surface area contributed by atoms with Gasteiger partial charge in [0.05, 0.1) is 35.8 Å². The molecule has 1 heterocycles. The Morgan fingerprint density at radius 2 is 1.69 bits per heavy atom. The van der Waals surface area contributed by atoms with Crippen molar-refractivity contribution in [3.63, 3.8) is 0 Å². The van der Waals surface area contributed by atoms with Crippen LogP contribution in [0.5, 0.6) is 11.6 Å². The maximum Gasteiger partial charge on any atom is 0.227 e. The Balaban J connectivity index is 1.90. The Kier molecular flexibility index (Phi) is 8.85. The smallest absolute Gasteiger partial charge is 0.227 e. The molecule has 0 aliphatic rings. The summed E-state index contributed by atoms with van der Waals surface area (Å²) in [6.45, 7) is 10.5. The molecule has 0 unspecified atom stereocenters. The highest BCUT2D eigenvalue weighted by atomic mass is 16.5. The molecule has 3 aromatic rings. The van der Waals surface area contributed by atoms with E-state index in [2.05, 4.69) is 11.8 Å². The fourth-order valence-corrected chi connectivity index (χ4v) is 3.60. The zero-order valence-corrected chi connectivity index (χ0v) is 19.6. The Hall–Kier alpha value is -2.67. The van der Waals surface area contributed by atoms with Gasteiger partial charge in [-0.2, -0.15) is 5.10 Å². The molecule has 6 nitrogen and oxygen atoms in total. The Labute approximate surface area is 191 Å². The van der Waals surface area contributed by atoms with E-state index >= 15 is 0 Å². The number of aromatic nitrogens is 2. The zero-order valence-electron chi connectivity index (χ0n) is 19.6. The van der Waals surface area contributed by atoms with Gasteiger partial charge in [-0.3, -0.25) is 4.90 Å². The number of para-hydroxylation sites is 2. The lowest BCUT2D eigenvalue weighted by atomic mass is 10.2. The molecule has 6 heteroatoms. The third kappa shape index (κ3) is 6.66. The molecule has 1 atom stereocenters. The molecule has 0 fully saturated rings. The van der Waals surface area contributed by atoms with Gasteiger partial charge in [0.15, 0.2) is 0 Å². The summed E-state index contributed by atoms with van der Waals surface area (Å²) in [5.41, 5.74) is 2.87. The molecule has 0 saturated carbocycles. The number of hydrogen-bond donors (Lipinski definition) is 1. The van der Waals surface area contributed by atoms with Gasteiger partial charge in [-0.1, -0.05) is 43.3 Å². The van der Waals surface area contributed by atoms with Crippen LogP contribution in [0.25, 0.3) is 5.69 Å². The van der Waals surface area contributed by atoms with Crippen LogP contribution in [0.4, 0.5) is 0 Å². The van der Waals surface area contributed by atoms with Gasteiger partial charge in [-0.25, -0.2) is 4.68 Å². The molecule has 0 bridgehead atoms. The van der Waals surface area contributed by atoms with Crippen LogP contribution in [-0.4, -0.2) is 51.7 Å². The van der Waals surface area contributed by atoms with Crippen molar-refractivity contribution in [1.29, 1.82) is 0 Å². The quantitative estimate of drug-likeness (QED) is 0.433. The Morgan fingerprint density at radius 3 is 2.31 bits per heavy atom. The molecule has 3 rings (SSSR count). The highest BCUT2D eigenvalue weighted by Gasteiger charge is 2.22. The number of aliphatic hydroxyl groups is 1. The molecular weight excluding hydrogens is 402 g/mol. The number of hydrogen-bond acceptors (Lipinski definition) is 5. The van der Waals surface area contributed by atoms with Crippen LogP contribution < -0.4 is 4.74 Å². The van der Waals surface area contributed by atoms with E-state index in [1.165, 1.54) is 0 Å². The minimum atomic E-state index is -0.549. The third-order valence-corrected chi connectivity index (χ3v) is 5.11. The molecular formula is C26H35N3O3. The van der Waals surface area contributed by atoms with Gasteiger partial charge in [0.2, 0.25) is 5.88 Å². The van der Waals surface area contributed by atoms with Crippen LogP contribution >= 0.6 is 0 Å². The lowest BCUT2D eigenvalue weighted by molar-refractivity contribution is -0.00957. The average Bonchev–Trinajstić information content (AvgIpc) is 3.09. The average molecular weight is 438 g/mol. The predicted molar refractivity (Wildman–Crippen MR) is 127 cm³/mol. The predicted octanol–water partition coefficient (Wildman–Crippen LogP) is 4.97. The van der Waals surface area contributed by atoms with Crippen molar-refractivity contribution in [3.8, 4) is 17.3 Å². The summed E-state index contributed by atoms with van der Waals surface area (Å²) in [4.78, 5) is 2.24. The van der Waals surface area contributed by atoms with Crippen molar-refractivity contribution in [2.75, 3.05) is 19.7 Å². The van der Waals surface area contributed by atoms with E-state index in [0.29, 0.717) is 25.6 Å². The molecule has 0 saturated heterocycles. The number of aliphatic hydroxyl groups excluding tert-OH is 1. The largest absolute Gasteiger partial charge is 0.439 e. The summed E-state index contributed by atoms with van der Waals surface area (Å²) in [7, 11) is 0. The second kappa shape index (κ2) is 11.8. The molecule has 2 aromatic carbocycles. The Bertz CT molecular complexity index is 942. The lowest BCUT2D eigenvalue weighted by Gasteiger charge is -2.25. The fourth-order valence-electron chi connectivity index (χ4n) is 3.60. The maximum absolute atomic E-state index is 10.5. The number of rotatable bonds is 12. The molecule has 0 radical (unpaired) electrons. The molecule has 0 amide bonds. The minimum absolute atomic E-state index is 0.0986. The maximum atomic E-state index is 10.5. The third-order valence-electron chi connectivity index (χ3n) is 5.11. The van der Waals surface area contributed by atoms with E-state index in [-0.39, 0.29) is 6.10 Å². The summed E-state index contributed by atoms with van der Waals surface area (Å²) >= 11 is 0. The first kappa shape index (κ1) is 24.0. The van der Waals surface area contributed by atoms with Gasteiger partial charge in [-0.15, -0.1) is 0 Å². The molecule has 172 valence electrons. The van der Waals surface area contributed by atoms with Crippen LogP contribution in [0.15, 0.2) is 60.7 Å². The number of ether oxygens (including phenoxy) is 2. The van der Waals surface area contributed by atoms with Crippen LogP contribution in [-0.2, 0) is 11.3 Å². The number of aryl methyl sites for hydroxylation is 1. The van der Waals surface area contributed by atoms with Gasteiger partial charge in [-0.05, 0) is 58.0 Å². The van der Waals surface area contributed by atoms with E-state index in [1.807, 2.05) is 86.1 Å². The van der Waals surface area contributed by atoms with Crippen LogP contribution in [0.1, 0.15) is 38.4 Å². The van der Waals surface area contributed by atoms with E-state index in [1.54, 1.807) is 0 Å². The highest BCUT2D eigenvalue weighted by Crippen LogP contribution is 2.31. The van der Waals surface area contributed by atoms with Gasteiger partial charge in [0, 0.05) is 13.1 Å². The van der Waals surface area contributed by atoms with E-state index in [9.17, 15) is 5.11 Å². The molecule has 0 aliphatic heterocycles. The van der Waals surface area contributed by atoms with Gasteiger partial charge < -0.3 is 14.6 Å². The number of benzene rings is 2. The lowest BCUT2D eigenvalue weighted by Crippen LogP contribution is -2.35. The van der Waals surface area contributed by atoms with Crippen LogP contribution in [0.2, 0.25) is 0 Å². The number of nitrogens with zero attached hydrogens (tertiary/aromatic N) is 3. The summed E-state index contributed by atoms with van der Waals surface area (Å²) in [6.07, 6.45) is 0.534. The van der Waals surface area contributed by atoms with Gasteiger partial charge >= 0.3 is 0 Å². The Morgan fingerprint density at radius 1 is 1.03 bits per heavy atom. The van der Waals surface area contributed by atoms with Crippen LogP contribution in [0, 0.1) is 6.92 Å². The van der Waals surface area contributed by atoms with E-state index in [0.717, 1.165) is 35.7 Å². The first-order valence-electron chi connectivity index (χ1n) is 11.4. The molecule has 1 N–H and O–H groups in total. The van der Waals surface area contributed by atoms with E-state index < -0.39 is 6.10 Å². The normalized spacial score (nSPS) is 12.5. The SMILES string of the molecule is CCCN(Cc1c(C)nn(-c2ccccc2)c1Oc1ccccc1)C[C@H](O)COC(C)C. The van der Waals surface area contributed by atoms with Crippen LogP contribution in [0.3, 0.4) is 0 Å². The highest BCUT2D eigenvalue weighted by molar-refractivity contribution is 5.43. The van der Waals surface area contributed by atoms with E-state index in [4.69, 9.17) is 14.6 Å². The van der Waals surface area contributed by atoms with Crippen molar-refractivity contribution in [1.82, 2.24) is 14.7 Å². The fraction of sp³-hybridized carbons (Fsp3) is 0.423. The molecule has 0 aliphatic carbocycles. The van der Waals surface area contributed by atoms with Crippen molar-refractivity contribution in [2.45, 2.75) is 52.9 Å². The van der Waals surface area contributed by atoms with Crippen molar-refractivity contribution < 1.29 is 14.6 Å². The summed E-state index contributed by atoms with van der Waals surface area (Å²) in [6, 6.07) is 19.8. The van der Waals surface area contributed by atoms with Crippen molar-refractivity contribution >= 4 is 0 Å². The van der Waals surface area contributed by atoms with Crippen molar-refractivity contribution in [3.05, 3.63) is 71.9 Å². The summed E-state index contributed by atoms with van der Waals surface area (Å²) in [5.74, 6) is 1.46. The second-order valence-electron chi connectivity index (χ2n) is 8.30. The molecule has 1 aromatic heterocycles. The first-order valence-corrected chi connectivity index (χ1v) is 11.4. The van der Waals surface area contributed by atoms with Crippen molar-refractivity contribution in [2.24, 2.45) is 0 Å². The zero-order chi connectivity index (χ0) is 22.9. The molecule has 0 spiro atoms. The summed E-state index contributed by atoms with van der Waals surface area (Å²) in [5, 5.41) is 15.3.